The zero-order chi connectivity index (χ0) is 14.4. The minimum atomic E-state index is -0.836. The van der Waals surface area contributed by atoms with E-state index in [1.54, 1.807) is 37.3 Å². The molecule has 1 aromatic rings. The Morgan fingerprint density at radius 1 is 1.47 bits per heavy atom. The van der Waals surface area contributed by atoms with Crippen LogP contribution in [0.15, 0.2) is 39.1 Å². The molecule has 0 radical (unpaired) electrons. The summed E-state index contributed by atoms with van der Waals surface area (Å²) in [5.41, 5.74) is 1.01. The van der Waals surface area contributed by atoms with E-state index in [2.05, 4.69) is 0 Å². The first-order valence-electron chi connectivity index (χ1n) is 6.14. The third kappa shape index (κ3) is 4.58. The summed E-state index contributed by atoms with van der Waals surface area (Å²) in [7, 11) is 0. The summed E-state index contributed by atoms with van der Waals surface area (Å²) in [6.07, 6.45) is 5.62. The Kier molecular flexibility index (Phi) is 5.30. The fraction of sp³-hybridized carbons (Fsp3) is 0.333. The van der Waals surface area contributed by atoms with Crippen LogP contribution in [0.1, 0.15) is 31.6 Å². The Bertz CT molecular complexity index is 564. The van der Waals surface area contributed by atoms with Gasteiger partial charge >= 0.3 is 11.6 Å². The molecule has 0 aliphatic carbocycles. The Hall–Kier alpha value is -2.10. The van der Waals surface area contributed by atoms with Crippen LogP contribution in [0.25, 0.3) is 6.08 Å². The third-order valence-electron chi connectivity index (χ3n) is 2.76. The predicted molar refractivity (Wildman–Crippen MR) is 73.9 cm³/mol. The Balaban J connectivity index is 2.85. The Morgan fingerprint density at radius 2 is 2.16 bits per heavy atom. The van der Waals surface area contributed by atoms with Crippen molar-refractivity contribution >= 4 is 12.0 Å². The highest BCUT2D eigenvalue weighted by Gasteiger charge is 2.10. The average Bonchev–Trinajstić information content (AvgIpc) is 2.37. The molecule has 19 heavy (non-hydrogen) atoms. The third-order valence-corrected chi connectivity index (χ3v) is 2.76. The number of carbonyl (C=O) groups is 1. The van der Waals surface area contributed by atoms with Crippen molar-refractivity contribution in [3.05, 3.63) is 51.6 Å². The SMILES string of the molecule is CCC(C=C(C)C=Cc1ccc(C)c(=O)o1)C(=O)O. The van der Waals surface area contributed by atoms with Crippen LogP contribution in [-0.4, -0.2) is 11.1 Å². The summed E-state index contributed by atoms with van der Waals surface area (Å²) >= 11 is 0. The first-order chi connectivity index (χ1) is 8.93. The lowest BCUT2D eigenvalue weighted by Crippen LogP contribution is -2.09. The molecule has 0 aromatic carbocycles. The molecule has 1 rings (SSSR count). The average molecular weight is 262 g/mol. The smallest absolute Gasteiger partial charge is 0.339 e. The molecule has 0 bridgehead atoms. The highest BCUT2D eigenvalue weighted by Crippen LogP contribution is 2.11. The lowest BCUT2D eigenvalue weighted by molar-refractivity contribution is -0.140. The Labute approximate surface area is 112 Å². The molecule has 0 aliphatic heterocycles. The number of hydrogen-bond acceptors (Lipinski definition) is 3. The lowest BCUT2D eigenvalue weighted by Gasteiger charge is -2.03. The van der Waals surface area contributed by atoms with Gasteiger partial charge in [0.05, 0.1) is 5.92 Å². The van der Waals surface area contributed by atoms with E-state index in [4.69, 9.17) is 9.52 Å². The van der Waals surface area contributed by atoms with E-state index < -0.39 is 11.9 Å². The number of hydrogen-bond donors (Lipinski definition) is 1. The summed E-state index contributed by atoms with van der Waals surface area (Å²) < 4.78 is 5.05. The van der Waals surface area contributed by atoms with Gasteiger partial charge in [0.1, 0.15) is 5.76 Å². The highest BCUT2D eigenvalue weighted by molar-refractivity contribution is 5.72. The van der Waals surface area contributed by atoms with Crippen molar-refractivity contribution in [3.8, 4) is 0 Å². The minimum absolute atomic E-state index is 0.360. The number of carboxylic acids is 1. The maximum absolute atomic E-state index is 11.3. The zero-order valence-corrected chi connectivity index (χ0v) is 11.3. The molecule has 4 heteroatoms. The van der Waals surface area contributed by atoms with Crippen LogP contribution in [0, 0.1) is 12.8 Å². The second kappa shape index (κ2) is 6.73. The van der Waals surface area contributed by atoms with Crippen molar-refractivity contribution in [2.24, 2.45) is 5.92 Å². The standard InChI is InChI=1S/C15H18O4/c1-4-12(14(16)17)9-10(2)5-7-13-8-6-11(3)15(18)19-13/h5-9,12H,4H2,1-3H3,(H,16,17). The van der Waals surface area contributed by atoms with Gasteiger partial charge in [-0.2, -0.15) is 0 Å². The van der Waals surface area contributed by atoms with Gasteiger partial charge in [-0.3, -0.25) is 4.79 Å². The molecule has 0 saturated heterocycles. The molecule has 1 heterocycles. The van der Waals surface area contributed by atoms with Gasteiger partial charge in [-0.1, -0.05) is 24.6 Å². The monoisotopic (exact) mass is 262 g/mol. The van der Waals surface area contributed by atoms with E-state index in [1.807, 2.05) is 13.8 Å². The Morgan fingerprint density at radius 3 is 2.68 bits per heavy atom. The van der Waals surface area contributed by atoms with E-state index in [9.17, 15) is 9.59 Å². The molecule has 0 aliphatic rings. The number of aliphatic carboxylic acids is 1. The summed E-state index contributed by atoms with van der Waals surface area (Å²) in [4.78, 5) is 22.2. The first-order valence-corrected chi connectivity index (χ1v) is 6.14. The summed E-state index contributed by atoms with van der Waals surface area (Å²) in [5, 5.41) is 8.95. The molecule has 1 N–H and O–H groups in total. The fourth-order valence-corrected chi connectivity index (χ4v) is 1.54. The topological polar surface area (TPSA) is 67.5 Å². The summed E-state index contributed by atoms with van der Waals surface area (Å²) in [5.74, 6) is -0.876. The molecule has 102 valence electrons. The van der Waals surface area contributed by atoms with E-state index in [0.717, 1.165) is 5.57 Å². The molecule has 0 saturated carbocycles. The highest BCUT2D eigenvalue weighted by atomic mass is 16.4. The maximum atomic E-state index is 11.3. The first kappa shape index (κ1) is 15.0. The van der Waals surface area contributed by atoms with Gasteiger partial charge in [0.25, 0.3) is 0 Å². The minimum Gasteiger partial charge on any atom is -0.481 e. The van der Waals surface area contributed by atoms with Crippen LogP contribution in [-0.2, 0) is 4.79 Å². The summed E-state index contributed by atoms with van der Waals surface area (Å²) in [6.45, 7) is 5.32. The van der Waals surface area contributed by atoms with E-state index in [-0.39, 0.29) is 5.63 Å². The van der Waals surface area contributed by atoms with Crippen LogP contribution in [0.5, 0.6) is 0 Å². The van der Waals surface area contributed by atoms with Crippen molar-refractivity contribution in [3.63, 3.8) is 0 Å². The molecule has 4 nitrogen and oxygen atoms in total. The van der Waals surface area contributed by atoms with Crippen LogP contribution < -0.4 is 5.63 Å². The molecule has 0 fully saturated rings. The molecule has 1 atom stereocenters. The van der Waals surface area contributed by atoms with Crippen molar-refractivity contribution in [2.45, 2.75) is 27.2 Å². The van der Waals surface area contributed by atoms with Crippen LogP contribution in [0.4, 0.5) is 0 Å². The van der Waals surface area contributed by atoms with Crippen molar-refractivity contribution < 1.29 is 14.3 Å². The zero-order valence-electron chi connectivity index (χ0n) is 11.3. The lowest BCUT2D eigenvalue weighted by atomic mass is 10.0. The van der Waals surface area contributed by atoms with Crippen LogP contribution in [0.2, 0.25) is 0 Å². The van der Waals surface area contributed by atoms with E-state index >= 15 is 0 Å². The molecule has 1 aromatic heterocycles. The van der Waals surface area contributed by atoms with E-state index in [0.29, 0.717) is 17.7 Å². The van der Waals surface area contributed by atoms with Gasteiger partial charge in [0.2, 0.25) is 0 Å². The summed E-state index contributed by atoms with van der Waals surface area (Å²) in [6, 6.07) is 3.39. The number of carboxylic acid groups (broad SMARTS) is 1. The number of aryl methyl sites for hydroxylation is 1. The van der Waals surface area contributed by atoms with Crippen molar-refractivity contribution in [2.75, 3.05) is 0 Å². The van der Waals surface area contributed by atoms with Gasteiger partial charge in [0, 0.05) is 5.56 Å². The molecule has 1 unspecified atom stereocenters. The second-order valence-electron chi connectivity index (χ2n) is 4.41. The second-order valence-corrected chi connectivity index (χ2v) is 4.41. The van der Waals surface area contributed by atoms with Crippen molar-refractivity contribution in [1.29, 1.82) is 0 Å². The van der Waals surface area contributed by atoms with Crippen molar-refractivity contribution in [1.82, 2.24) is 0 Å². The van der Waals surface area contributed by atoms with Gasteiger partial charge in [0.15, 0.2) is 0 Å². The maximum Gasteiger partial charge on any atom is 0.339 e. The van der Waals surface area contributed by atoms with E-state index in [1.165, 1.54) is 0 Å². The number of allylic oxidation sites excluding steroid dienone is 2. The largest absolute Gasteiger partial charge is 0.481 e. The van der Waals surface area contributed by atoms with Gasteiger partial charge in [-0.05, 0) is 38.5 Å². The van der Waals surface area contributed by atoms with Crippen LogP contribution in [0.3, 0.4) is 0 Å². The molecule has 0 amide bonds. The molecular weight excluding hydrogens is 244 g/mol. The van der Waals surface area contributed by atoms with Gasteiger partial charge in [-0.15, -0.1) is 0 Å². The quantitative estimate of drug-likeness (QED) is 0.828. The molecular formula is C15H18O4. The fourth-order valence-electron chi connectivity index (χ4n) is 1.54. The predicted octanol–water partition coefficient (Wildman–Crippen LogP) is 3.02. The van der Waals surface area contributed by atoms with Gasteiger partial charge < -0.3 is 9.52 Å². The van der Waals surface area contributed by atoms with Crippen LogP contribution >= 0.6 is 0 Å². The normalized spacial score (nSPS) is 13.7. The van der Waals surface area contributed by atoms with Gasteiger partial charge in [-0.25, -0.2) is 4.79 Å². The number of rotatable bonds is 5. The molecule has 0 spiro atoms.